The molecule has 5 rings (SSSR count). The number of hydrogen-bond acceptors (Lipinski definition) is 6. The molecule has 1 amide bonds. The van der Waals surface area contributed by atoms with Crippen molar-refractivity contribution >= 4 is 44.7 Å². The van der Waals surface area contributed by atoms with Crippen LogP contribution >= 0.6 is 11.6 Å². The number of halogens is 1. The van der Waals surface area contributed by atoms with E-state index in [1.807, 2.05) is 29.2 Å². The fraction of sp³-hybridized carbons (Fsp3) is 0.321. The van der Waals surface area contributed by atoms with Crippen LogP contribution in [0.25, 0.3) is 5.65 Å². The van der Waals surface area contributed by atoms with Gasteiger partial charge in [-0.3, -0.25) is 4.79 Å². The van der Waals surface area contributed by atoms with E-state index >= 15 is 0 Å². The van der Waals surface area contributed by atoms with Crippen LogP contribution in [0.2, 0.25) is 5.02 Å². The molecule has 0 atom stereocenters. The fourth-order valence-corrected chi connectivity index (χ4v) is 6.50. The van der Waals surface area contributed by atoms with Gasteiger partial charge in [0.15, 0.2) is 5.65 Å². The summed E-state index contributed by atoms with van der Waals surface area (Å²) >= 11 is 6.42. The molecule has 2 aromatic carbocycles. The highest BCUT2D eigenvalue weighted by molar-refractivity contribution is 7.89. The van der Waals surface area contributed by atoms with E-state index in [9.17, 15) is 13.2 Å². The number of likely N-dealkylation sites (tertiary alicyclic amines) is 1. The van der Waals surface area contributed by atoms with Crippen LogP contribution in [0.15, 0.2) is 71.9 Å². The summed E-state index contributed by atoms with van der Waals surface area (Å²) in [5.74, 6) is 0.476. The molecule has 1 aliphatic heterocycles. The molecule has 3 heterocycles. The summed E-state index contributed by atoms with van der Waals surface area (Å²) in [6.07, 6.45) is 4.36. The molecule has 11 heteroatoms. The second-order valence-corrected chi connectivity index (χ2v) is 12.8. The molecule has 0 unspecified atom stereocenters. The van der Waals surface area contributed by atoms with Gasteiger partial charge in [-0.25, -0.2) is 18.1 Å². The van der Waals surface area contributed by atoms with Gasteiger partial charge in [0, 0.05) is 24.8 Å². The zero-order valence-electron chi connectivity index (χ0n) is 22.1. The molecule has 0 saturated carbocycles. The third kappa shape index (κ3) is 5.78. The number of carbonyl (C=O) groups is 1. The van der Waals surface area contributed by atoms with E-state index in [1.54, 1.807) is 39.0 Å². The van der Waals surface area contributed by atoms with Crippen molar-refractivity contribution in [2.24, 2.45) is 0 Å². The Balaban J connectivity index is 1.52. The van der Waals surface area contributed by atoms with Crippen molar-refractivity contribution < 1.29 is 13.2 Å². The molecule has 1 fully saturated rings. The smallest absolute Gasteiger partial charge is 0.259 e. The van der Waals surface area contributed by atoms with E-state index in [4.69, 9.17) is 11.6 Å². The maximum Gasteiger partial charge on any atom is 0.259 e. The van der Waals surface area contributed by atoms with Gasteiger partial charge in [-0.1, -0.05) is 54.1 Å². The second kappa shape index (κ2) is 10.6. The lowest BCUT2D eigenvalue weighted by molar-refractivity contribution is 0.0713. The van der Waals surface area contributed by atoms with Gasteiger partial charge in [-0.15, -0.1) is 0 Å². The third-order valence-corrected chi connectivity index (χ3v) is 8.71. The zero-order chi connectivity index (χ0) is 27.8. The quantitative estimate of drug-likeness (QED) is 0.331. The summed E-state index contributed by atoms with van der Waals surface area (Å²) in [5.41, 5.74) is 1.50. The van der Waals surface area contributed by atoms with E-state index in [0.29, 0.717) is 35.5 Å². The number of fused-ring (bicyclic) bond motifs is 1. The van der Waals surface area contributed by atoms with E-state index < -0.39 is 15.6 Å². The molecule has 0 radical (unpaired) electrons. The molecule has 0 spiro atoms. The van der Waals surface area contributed by atoms with Gasteiger partial charge in [-0.05, 0) is 57.2 Å². The minimum absolute atomic E-state index is 0.0812. The highest BCUT2D eigenvalue weighted by Gasteiger charge is 2.31. The number of sulfonamides is 1. The molecule has 2 N–H and O–H groups in total. The van der Waals surface area contributed by atoms with Gasteiger partial charge in [0.25, 0.3) is 5.91 Å². The molecule has 39 heavy (non-hydrogen) atoms. The van der Waals surface area contributed by atoms with Gasteiger partial charge in [0.05, 0.1) is 16.9 Å². The van der Waals surface area contributed by atoms with Gasteiger partial charge in [0.2, 0.25) is 10.0 Å². The van der Waals surface area contributed by atoms with Crippen LogP contribution in [-0.2, 0) is 10.0 Å². The Labute approximate surface area is 233 Å². The molecule has 204 valence electrons. The van der Waals surface area contributed by atoms with Crippen molar-refractivity contribution in [1.29, 1.82) is 0 Å². The molecule has 4 aromatic rings. The maximum absolute atomic E-state index is 13.8. The number of nitrogens with one attached hydrogen (secondary N) is 2. The number of anilines is 2. The number of benzene rings is 2. The highest BCUT2D eigenvalue weighted by atomic mass is 35.5. The van der Waals surface area contributed by atoms with Crippen LogP contribution in [0.3, 0.4) is 0 Å². The van der Waals surface area contributed by atoms with Crippen LogP contribution in [0.5, 0.6) is 0 Å². The Kier molecular flexibility index (Phi) is 7.37. The summed E-state index contributed by atoms with van der Waals surface area (Å²) in [7, 11) is -3.93. The number of hydrogen-bond donors (Lipinski definition) is 2. The summed E-state index contributed by atoms with van der Waals surface area (Å²) < 4.78 is 30.3. The molecule has 1 aliphatic rings. The van der Waals surface area contributed by atoms with Crippen molar-refractivity contribution in [1.82, 2.24) is 24.2 Å². The lowest BCUT2D eigenvalue weighted by atomic mass is 9.89. The topological polar surface area (TPSA) is 109 Å². The highest BCUT2D eigenvalue weighted by Crippen LogP contribution is 2.32. The van der Waals surface area contributed by atoms with Crippen molar-refractivity contribution in [3.63, 3.8) is 0 Å². The van der Waals surface area contributed by atoms with Gasteiger partial charge >= 0.3 is 0 Å². The maximum atomic E-state index is 13.8. The van der Waals surface area contributed by atoms with Crippen molar-refractivity contribution in [2.45, 2.75) is 50.0 Å². The second-order valence-electron chi connectivity index (χ2n) is 10.7. The third-order valence-electron chi connectivity index (χ3n) is 6.63. The van der Waals surface area contributed by atoms with Crippen LogP contribution in [-0.4, -0.2) is 52.5 Å². The monoisotopic (exact) mass is 566 g/mol. The van der Waals surface area contributed by atoms with E-state index in [2.05, 4.69) is 32.3 Å². The Bertz CT molecular complexity index is 1610. The molecule has 0 bridgehead atoms. The van der Waals surface area contributed by atoms with E-state index in [-0.39, 0.29) is 22.0 Å². The number of piperidine rings is 1. The van der Waals surface area contributed by atoms with Crippen LogP contribution in [0, 0.1) is 0 Å². The Morgan fingerprint density at radius 1 is 1.00 bits per heavy atom. The van der Waals surface area contributed by atoms with E-state index in [1.165, 1.54) is 22.5 Å². The zero-order valence-corrected chi connectivity index (χ0v) is 23.6. The van der Waals surface area contributed by atoms with Crippen molar-refractivity contribution in [3.8, 4) is 0 Å². The Hall–Kier alpha value is -3.47. The molecule has 0 aliphatic carbocycles. The average Bonchev–Trinajstić information content (AvgIpc) is 3.35. The number of nitrogens with zero attached hydrogens (tertiary/aromatic N) is 4. The number of para-hydroxylation sites is 1. The van der Waals surface area contributed by atoms with Crippen molar-refractivity contribution in [2.75, 3.05) is 18.4 Å². The summed E-state index contributed by atoms with van der Waals surface area (Å²) in [6, 6.07) is 17.5. The van der Waals surface area contributed by atoms with Crippen LogP contribution < -0.4 is 10.0 Å². The van der Waals surface area contributed by atoms with Crippen LogP contribution in [0.4, 0.5) is 11.5 Å². The first-order valence-corrected chi connectivity index (χ1v) is 14.7. The first kappa shape index (κ1) is 27.1. The lowest BCUT2D eigenvalue weighted by Crippen LogP contribution is -2.40. The van der Waals surface area contributed by atoms with E-state index in [0.717, 1.165) is 12.8 Å². The Morgan fingerprint density at radius 3 is 2.33 bits per heavy atom. The van der Waals surface area contributed by atoms with Crippen LogP contribution in [0.1, 0.15) is 55.5 Å². The average molecular weight is 567 g/mol. The predicted octanol–water partition coefficient (Wildman–Crippen LogP) is 5.22. The standard InChI is InChI=1S/C28H31ClN6O3S/c1-28(2,3)33-39(37,38)24-18-31-35-25(32-23-12-8-7-11-22(23)29)21(17-30-26(24)35)27(36)34-15-13-20(14-16-34)19-9-5-4-6-10-19/h4-12,17-18,20,32-33H,13-16H2,1-3H3. The van der Waals surface area contributed by atoms with Gasteiger partial charge in [-0.2, -0.15) is 9.61 Å². The first-order chi connectivity index (χ1) is 18.5. The number of aromatic nitrogens is 3. The Morgan fingerprint density at radius 2 is 1.67 bits per heavy atom. The first-order valence-electron chi connectivity index (χ1n) is 12.8. The minimum Gasteiger partial charge on any atom is -0.338 e. The normalized spacial score (nSPS) is 15.0. The number of amides is 1. The summed E-state index contributed by atoms with van der Waals surface area (Å²) in [5, 5.41) is 8.00. The molecule has 2 aromatic heterocycles. The molecular formula is C28H31ClN6O3S. The van der Waals surface area contributed by atoms with Gasteiger partial charge in [0.1, 0.15) is 16.3 Å². The van der Waals surface area contributed by atoms with Gasteiger partial charge < -0.3 is 10.2 Å². The lowest BCUT2D eigenvalue weighted by Gasteiger charge is -2.32. The summed E-state index contributed by atoms with van der Waals surface area (Å²) in [6.45, 7) is 6.45. The number of rotatable bonds is 6. The molecular weight excluding hydrogens is 536 g/mol. The fourth-order valence-electron chi connectivity index (χ4n) is 4.84. The minimum atomic E-state index is -3.93. The molecule has 9 nitrogen and oxygen atoms in total. The van der Waals surface area contributed by atoms with Crippen molar-refractivity contribution in [3.05, 3.63) is 83.1 Å². The summed E-state index contributed by atoms with van der Waals surface area (Å²) in [4.78, 5) is 19.9. The largest absolute Gasteiger partial charge is 0.338 e. The number of carbonyl (C=O) groups excluding carboxylic acids is 1. The SMILES string of the molecule is CC(C)(C)NS(=O)(=O)c1cnn2c(Nc3ccccc3Cl)c(C(=O)N3CCC(c4ccccc4)CC3)cnc12. The predicted molar refractivity (Wildman–Crippen MR) is 152 cm³/mol. The molecule has 1 saturated heterocycles.